The third kappa shape index (κ3) is 2.51. The number of anilines is 2. The monoisotopic (exact) mass is 244 g/mol. The molecule has 2 aromatic heterocycles. The van der Waals surface area contributed by atoms with Crippen LogP contribution in [0.5, 0.6) is 0 Å². The van der Waals surface area contributed by atoms with Crippen LogP contribution < -0.4 is 11.1 Å². The zero-order chi connectivity index (χ0) is 13.1. The fraction of sp³-hybridized carbons (Fsp3) is 0.231. The summed E-state index contributed by atoms with van der Waals surface area (Å²) >= 11 is 0. The Morgan fingerprint density at radius 2 is 2.22 bits per heavy atom. The van der Waals surface area contributed by atoms with Gasteiger partial charge in [-0.05, 0) is 32.0 Å². The molecule has 2 heterocycles. The highest BCUT2D eigenvalue weighted by atomic mass is 16.2. The maximum Gasteiger partial charge on any atom is 0.273 e. The van der Waals surface area contributed by atoms with Crippen LogP contribution in [0, 0.1) is 0 Å². The molecule has 0 saturated heterocycles. The van der Waals surface area contributed by atoms with Gasteiger partial charge in [0.05, 0.1) is 5.69 Å². The molecule has 0 radical (unpaired) electrons. The zero-order valence-corrected chi connectivity index (χ0v) is 10.4. The molecule has 0 fully saturated rings. The molecule has 5 heteroatoms. The first-order valence-electron chi connectivity index (χ1n) is 5.77. The van der Waals surface area contributed by atoms with E-state index in [0.29, 0.717) is 17.2 Å². The average molecular weight is 244 g/mol. The van der Waals surface area contributed by atoms with E-state index in [-0.39, 0.29) is 11.9 Å². The highest BCUT2D eigenvalue weighted by Crippen LogP contribution is 2.17. The Morgan fingerprint density at radius 3 is 2.83 bits per heavy atom. The Morgan fingerprint density at radius 1 is 1.44 bits per heavy atom. The number of aromatic nitrogens is 2. The molecule has 0 aromatic carbocycles. The molecule has 0 aliphatic heterocycles. The van der Waals surface area contributed by atoms with Gasteiger partial charge in [-0.25, -0.2) is 4.98 Å². The summed E-state index contributed by atoms with van der Waals surface area (Å²) in [7, 11) is 0. The first kappa shape index (κ1) is 12.2. The van der Waals surface area contributed by atoms with Crippen molar-refractivity contribution in [3.8, 4) is 0 Å². The van der Waals surface area contributed by atoms with Gasteiger partial charge >= 0.3 is 0 Å². The van der Waals surface area contributed by atoms with Gasteiger partial charge in [-0.2, -0.15) is 0 Å². The molecule has 0 aliphatic carbocycles. The Kier molecular flexibility index (Phi) is 3.32. The number of carbonyl (C=O) groups excluding carboxylic acids is 1. The summed E-state index contributed by atoms with van der Waals surface area (Å²) in [4.78, 5) is 16.2. The van der Waals surface area contributed by atoms with Crippen molar-refractivity contribution in [3.63, 3.8) is 0 Å². The standard InChI is InChI=1S/C13H16N4O/c1-9(2)17-8-10(14)7-11(17)13(18)16-12-5-3-4-6-15-12/h3-9H,14H2,1-2H3,(H,15,16,18). The normalized spacial score (nSPS) is 10.6. The molecule has 1 amide bonds. The van der Waals surface area contributed by atoms with Crippen LogP contribution in [0.3, 0.4) is 0 Å². The summed E-state index contributed by atoms with van der Waals surface area (Å²) in [6.07, 6.45) is 3.39. The molecule has 5 nitrogen and oxygen atoms in total. The first-order chi connectivity index (χ1) is 8.58. The van der Waals surface area contributed by atoms with Gasteiger partial charge in [0.25, 0.3) is 5.91 Å². The Hall–Kier alpha value is -2.30. The number of hydrogen-bond acceptors (Lipinski definition) is 3. The van der Waals surface area contributed by atoms with E-state index in [4.69, 9.17) is 5.73 Å². The second-order valence-corrected chi connectivity index (χ2v) is 4.33. The molecule has 94 valence electrons. The lowest BCUT2D eigenvalue weighted by Crippen LogP contribution is -2.18. The molecule has 0 aliphatic rings. The van der Waals surface area contributed by atoms with E-state index in [1.807, 2.05) is 24.5 Å². The van der Waals surface area contributed by atoms with Gasteiger partial charge in [-0.3, -0.25) is 4.79 Å². The SMILES string of the molecule is CC(C)n1cc(N)cc1C(=O)Nc1ccccn1. The molecule has 0 saturated carbocycles. The zero-order valence-electron chi connectivity index (χ0n) is 10.4. The summed E-state index contributed by atoms with van der Waals surface area (Å²) in [5.41, 5.74) is 6.85. The molecule has 2 rings (SSSR count). The van der Waals surface area contributed by atoms with Crippen molar-refractivity contribution in [2.24, 2.45) is 0 Å². The van der Waals surface area contributed by atoms with Crippen LogP contribution in [-0.2, 0) is 0 Å². The lowest BCUT2D eigenvalue weighted by atomic mass is 10.3. The van der Waals surface area contributed by atoms with Crippen LogP contribution >= 0.6 is 0 Å². The Bertz CT molecular complexity index is 545. The largest absolute Gasteiger partial charge is 0.397 e. The number of hydrogen-bond donors (Lipinski definition) is 2. The van der Waals surface area contributed by atoms with E-state index in [0.717, 1.165) is 0 Å². The van der Waals surface area contributed by atoms with Gasteiger partial charge in [0, 0.05) is 18.4 Å². The van der Waals surface area contributed by atoms with Crippen LogP contribution in [0.1, 0.15) is 30.4 Å². The molecular weight excluding hydrogens is 228 g/mol. The number of rotatable bonds is 3. The van der Waals surface area contributed by atoms with Crippen LogP contribution in [0.2, 0.25) is 0 Å². The minimum atomic E-state index is -0.209. The van der Waals surface area contributed by atoms with Crippen molar-refractivity contribution in [1.29, 1.82) is 0 Å². The molecule has 0 atom stereocenters. The summed E-state index contributed by atoms with van der Waals surface area (Å²) < 4.78 is 1.84. The molecule has 18 heavy (non-hydrogen) atoms. The first-order valence-corrected chi connectivity index (χ1v) is 5.77. The summed E-state index contributed by atoms with van der Waals surface area (Å²) in [5, 5.41) is 2.74. The smallest absolute Gasteiger partial charge is 0.273 e. The van der Waals surface area contributed by atoms with Crippen LogP contribution in [0.25, 0.3) is 0 Å². The van der Waals surface area contributed by atoms with Gasteiger partial charge in [0.2, 0.25) is 0 Å². The predicted octanol–water partition coefficient (Wildman–Crippen LogP) is 2.30. The van der Waals surface area contributed by atoms with Crippen molar-refractivity contribution < 1.29 is 4.79 Å². The Balaban J connectivity index is 2.24. The fourth-order valence-corrected chi connectivity index (χ4v) is 1.73. The predicted molar refractivity (Wildman–Crippen MR) is 71.4 cm³/mol. The van der Waals surface area contributed by atoms with Crippen LogP contribution in [0.15, 0.2) is 36.7 Å². The van der Waals surface area contributed by atoms with Crippen molar-refractivity contribution in [1.82, 2.24) is 9.55 Å². The minimum absolute atomic E-state index is 0.173. The highest BCUT2D eigenvalue weighted by Gasteiger charge is 2.15. The molecular formula is C13H16N4O. The number of nitrogen functional groups attached to an aromatic ring is 1. The molecule has 0 spiro atoms. The second-order valence-electron chi connectivity index (χ2n) is 4.33. The van der Waals surface area contributed by atoms with Gasteiger partial charge < -0.3 is 15.6 Å². The summed E-state index contributed by atoms with van der Waals surface area (Å²) in [6.45, 7) is 3.99. The van der Waals surface area contributed by atoms with Crippen LogP contribution in [0.4, 0.5) is 11.5 Å². The second kappa shape index (κ2) is 4.91. The van der Waals surface area contributed by atoms with Crippen LogP contribution in [-0.4, -0.2) is 15.5 Å². The highest BCUT2D eigenvalue weighted by molar-refractivity contribution is 6.03. The number of nitrogens with two attached hydrogens (primary N) is 1. The number of nitrogens with zero attached hydrogens (tertiary/aromatic N) is 2. The Labute approximate surface area is 106 Å². The quantitative estimate of drug-likeness (QED) is 0.870. The number of carbonyl (C=O) groups is 1. The van der Waals surface area contributed by atoms with Crippen molar-refractivity contribution >= 4 is 17.4 Å². The fourth-order valence-electron chi connectivity index (χ4n) is 1.73. The molecule has 3 N–H and O–H groups in total. The van der Waals surface area contributed by atoms with Crippen molar-refractivity contribution in [2.75, 3.05) is 11.1 Å². The number of pyridine rings is 1. The molecule has 2 aromatic rings. The van der Waals surface area contributed by atoms with E-state index in [2.05, 4.69) is 10.3 Å². The lowest BCUT2D eigenvalue weighted by Gasteiger charge is -2.12. The number of nitrogens with one attached hydrogen (secondary N) is 1. The average Bonchev–Trinajstić information content (AvgIpc) is 2.73. The van der Waals surface area contributed by atoms with Gasteiger partial charge in [-0.15, -0.1) is 0 Å². The summed E-state index contributed by atoms with van der Waals surface area (Å²) in [6, 6.07) is 7.19. The van der Waals surface area contributed by atoms with Gasteiger partial charge in [0.15, 0.2) is 0 Å². The van der Waals surface area contributed by atoms with E-state index in [1.165, 1.54) is 0 Å². The van der Waals surface area contributed by atoms with Crippen molar-refractivity contribution in [2.45, 2.75) is 19.9 Å². The number of amides is 1. The molecule has 0 unspecified atom stereocenters. The maximum absolute atomic E-state index is 12.1. The van der Waals surface area contributed by atoms with E-state index in [1.54, 1.807) is 30.6 Å². The van der Waals surface area contributed by atoms with Gasteiger partial charge in [-0.1, -0.05) is 6.07 Å². The maximum atomic E-state index is 12.1. The third-order valence-corrected chi connectivity index (χ3v) is 2.57. The van der Waals surface area contributed by atoms with E-state index >= 15 is 0 Å². The lowest BCUT2D eigenvalue weighted by molar-refractivity contribution is 0.101. The van der Waals surface area contributed by atoms with Gasteiger partial charge in [0.1, 0.15) is 11.5 Å². The van der Waals surface area contributed by atoms with Crippen molar-refractivity contribution in [3.05, 3.63) is 42.4 Å². The van der Waals surface area contributed by atoms with E-state index < -0.39 is 0 Å². The topological polar surface area (TPSA) is 72.9 Å². The van der Waals surface area contributed by atoms with E-state index in [9.17, 15) is 4.79 Å². The molecule has 0 bridgehead atoms. The summed E-state index contributed by atoms with van der Waals surface area (Å²) in [5.74, 6) is 0.316. The third-order valence-electron chi connectivity index (χ3n) is 2.57. The minimum Gasteiger partial charge on any atom is -0.397 e.